The fourth-order valence-electron chi connectivity index (χ4n) is 3.28. The Balaban J connectivity index is 1.40. The molecule has 4 rings (SSSR count). The number of carbonyl (C=O) groups is 1. The van der Waals surface area contributed by atoms with Gasteiger partial charge in [0.05, 0.1) is 17.1 Å². The van der Waals surface area contributed by atoms with Gasteiger partial charge in [-0.25, -0.2) is 14.6 Å². The minimum Gasteiger partial charge on any atom is -0.310 e. The number of aromatic nitrogens is 5. The Kier molecular flexibility index (Phi) is 6.55. The highest BCUT2D eigenvalue weighted by molar-refractivity contribution is 7.99. The van der Waals surface area contributed by atoms with E-state index in [0.29, 0.717) is 23.9 Å². The molecule has 0 fully saturated rings. The summed E-state index contributed by atoms with van der Waals surface area (Å²) in [5, 5.41) is 14.4. The van der Waals surface area contributed by atoms with Crippen molar-refractivity contribution in [1.82, 2.24) is 24.5 Å². The fourth-order valence-corrected chi connectivity index (χ4v) is 4.05. The van der Waals surface area contributed by atoms with Crippen LogP contribution in [-0.2, 0) is 17.8 Å². The van der Waals surface area contributed by atoms with Crippen molar-refractivity contribution in [3.05, 3.63) is 88.0 Å². The lowest BCUT2D eigenvalue weighted by molar-refractivity contribution is -0.113. The smallest absolute Gasteiger partial charge is 0.310 e. The summed E-state index contributed by atoms with van der Waals surface area (Å²) in [5.41, 5.74) is 3.67. The normalized spacial score (nSPS) is 10.9. The third-order valence-corrected chi connectivity index (χ3v) is 5.88. The van der Waals surface area contributed by atoms with Gasteiger partial charge in [-0.1, -0.05) is 59.8 Å². The Hall–Kier alpha value is -3.59. The second-order valence-electron chi connectivity index (χ2n) is 7.45. The molecule has 2 N–H and O–H groups in total. The van der Waals surface area contributed by atoms with E-state index in [4.69, 9.17) is 0 Å². The van der Waals surface area contributed by atoms with Crippen molar-refractivity contribution in [3.63, 3.8) is 0 Å². The molecule has 0 atom stereocenters. The van der Waals surface area contributed by atoms with E-state index in [1.807, 2.05) is 74.5 Å². The van der Waals surface area contributed by atoms with Gasteiger partial charge in [0.15, 0.2) is 5.16 Å². The molecule has 4 aromatic rings. The molecule has 1 amide bonds. The average molecular weight is 449 g/mol. The summed E-state index contributed by atoms with van der Waals surface area (Å²) in [5.74, 6) is 0.516. The Bertz CT molecular complexity index is 1260. The Morgan fingerprint density at radius 1 is 1.09 bits per heavy atom. The number of amides is 1. The van der Waals surface area contributed by atoms with Crippen LogP contribution in [0.5, 0.6) is 0 Å². The molecule has 0 radical (unpaired) electrons. The predicted octanol–water partition coefficient (Wildman–Crippen LogP) is 3.35. The van der Waals surface area contributed by atoms with Crippen molar-refractivity contribution in [2.24, 2.45) is 0 Å². The van der Waals surface area contributed by atoms with Crippen LogP contribution in [0.15, 0.2) is 70.6 Å². The summed E-state index contributed by atoms with van der Waals surface area (Å²) in [6.07, 6.45) is 0.703. The summed E-state index contributed by atoms with van der Waals surface area (Å²) >= 11 is 1.22. The van der Waals surface area contributed by atoms with Gasteiger partial charge >= 0.3 is 5.69 Å². The number of nitrogens with zero attached hydrogens (tertiary/aromatic N) is 4. The van der Waals surface area contributed by atoms with Crippen molar-refractivity contribution >= 4 is 23.5 Å². The minimum atomic E-state index is -0.281. The number of benzene rings is 2. The SMILES string of the molecule is Cc1ccc(-n2nc(C)cc2NC(=O)CSc2n[nH]c(=O)n2CCc2ccccc2)cc1. The lowest BCUT2D eigenvalue weighted by Crippen LogP contribution is -2.20. The van der Waals surface area contributed by atoms with Crippen LogP contribution in [0.1, 0.15) is 16.8 Å². The molecule has 0 spiro atoms. The molecule has 0 saturated carbocycles. The summed E-state index contributed by atoms with van der Waals surface area (Å²) in [4.78, 5) is 24.8. The number of nitrogens with one attached hydrogen (secondary N) is 2. The monoisotopic (exact) mass is 448 g/mol. The van der Waals surface area contributed by atoms with Crippen molar-refractivity contribution in [2.75, 3.05) is 11.1 Å². The van der Waals surface area contributed by atoms with Gasteiger partial charge in [-0.15, -0.1) is 5.10 Å². The van der Waals surface area contributed by atoms with Gasteiger partial charge in [-0.2, -0.15) is 5.10 Å². The van der Waals surface area contributed by atoms with Gasteiger partial charge in [-0.3, -0.25) is 9.36 Å². The summed E-state index contributed by atoms with van der Waals surface area (Å²) in [6, 6.07) is 19.7. The van der Waals surface area contributed by atoms with E-state index in [2.05, 4.69) is 20.6 Å². The van der Waals surface area contributed by atoms with Gasteiger partial charge in [0.25, 0.3) is 0 Å². The highest BCUT2D eigenvalue weighted by atomic mass is 32.2. The zero-order chi connectivity index (χ0) is 22.5. The largest absolute Gasteiger partial charge is 0.343 e. The molecule has 0 aliphatic rings. The van der Waals surface area contributed by atoms with Crippen molar-refractivity contribution < 1.29 is 4.79 Å². The minimum absolute atomic E-state index is 0.119. The first-order valence-electron chi connectivity index (χ1n) is 10.2. The molecule has 32 heavy (non-hydrogen) atoms. The molecule has 2 aromatic heterocycles. The molecule has 2 heterocycles. The number of aryl methyl sites for hydroxylation is 3. The molecule has 0 aliphatic carbocycles. The first-order chi connectivity index (χ1) is 15.5. The number of hydrogen-bond donors (Lipinski definition) is 2. The zero-order valence-electron chi connectivity index (χ0n) is 17.9. The average Bonchev–Trinajstić information content (AvgIpc) is 3.33. The number of thioether (sulfide) groups is 1. The lowest BCUT2D eigenvalue weighted by Gasteiger charge is -2.09. The van der Waals surface area contributed by atoms with Crippen molar-refractivity contribution in [1.29, 1.82) is 0 Å². The first kappa shape index (κ1) is 21.6. The fraction of sp³-hybridized carbons (Fsp3) is 0.217. The third-order valence-electron chi connectivity index (χ3n) is 4.90. The van der Waals surface area contributed by atoms with E-state index < -0.39 is 0 Å². The maximum Gasteiger partial charge on any atom is 0.343 e. The summed E-state index contributed by atoms with van der Waals surface area (Å²) in [6.45, 7) is 4.39. The predicted molar refractivity (Wildman–Crippen MR) is 125 cm³/mol. The molecule has 0 unspecified atom stereocenters. The molecule has 9 heteroatoms. The van der Waals surface area contributed by atoms with E-state index >= 15 is 0 Å². The van der Waals surface area contributed by atoms with Crippen LogP contribution in [0, 0.1) is 13.8 Å². The van der Waals surface area contributed by atoms with Gasteiger partial charge in [0.1, 0.15) is 5.82 Å². The standard InChI is InChI=1S/C23H24N6O2S/c1-16-8-10-19(11-9-16)29-20(14-17(2)27-29)24-21(30)15-32-23-26-25-22(31)28(23)13-12-18-6-4-3-5-7-18/h3-11,14H,12-13,15H2,1-2H3,(H,24,30)(H,25,31). The van der Waals surface area contributed by atoms with E-state index in [9.17, 15) is 9.59 Å². The summed E-state index contributed by atoms with van der Waals surface area (Å²) < 4.78 is 3.27. The van der Waals surface area contributed by atoms with Crippen molar-refractivity contribution in [3.8, 4) is 5.69 Å². The molecule has 8 nitrogen and oxygen atoms in total. The number of anilines is 1. The van der Waals surface area contributed by atoms with Gasteiger partial charge in [0, 0.05) is 12.6 Å². The number of aromatic amines is 1. The Morgan fingerprint density at radius 3 is 2.59 bits per heavy atom. The molecule has 164 valence electrons. The van der Waals surface area contributed by atoms with Gasteiger partial charge in [0.2, 0.25) is 5.91 Å². The van der Waals surface area contributed by atoms with Crippen LogP contribution in [0.3, 0.4) is 0 Å². The maximum absolute atomic E-state index is 12.6. The third kappa shape index (κ3) is 5.17. The topological polar surface area (TPSA) is 97.6 Å². The van der Waals surface area contributed by atoms with Crippen LogP contribution in [0.25, 0.3) is 5.69 Å². The molecule has 2 aromatic carbocycles. The highest BCUT2D eigenvalue weighted by Gasteiger charge is 2.14. The van der Waals surface area contributed by atoms with Crippen LogP contribution in [0.2, 0.25) is 0 Å². The maximum atomic E-state index is 12.6. The Morgan fingerprint density at radius 2 is 1.84 bits per heavy atom. The molecular weight excluding hydrogens is 424 g/mol. The molecule has 0 saturated heterocycles. The van der Waals surface area contributed by atoms with Crippen LogP contribution in [0.4, 0.5) is 5.82 Å². The van der Waals surface area contributed by atoms with E-state index in [-0.39, 0.29) is 17.3 Å². The van der Waals surface area contributed by atoms with Gasteiger partial charge < -0.3 is 5.32 Å². The second kappa shape index (κ2) is 9.69. The Labute approximate surface area is 189 Å². The number of carbonyl (C=O) groups excluding carboxylic acids is 1. The molecular formula is C23H24N6O2S. The molecule has 0 bridgehead atoms. The van der Waals surface area contributed by atoms with E-state index in [1.165, 1.54) is 11.8 Å². The van der Waals surface area contributed by atoms with Crippen LogP contribution >= 0.6 is 11.8 Å². The number of rotatable bonds is 8. The lowest BCUT2D eigenvalue weighted by atomic mass is 10.1. The molecule has 0 aliphatic heterocycles. The first-order valence-corrected chi connectivity index (χ1v) is 11.2. The number of H-pyrrole nitrogens is 1. The van der Waals surface area contributed by atoms with Gasteiger partial charge in [-0.05, 0) is 38.0 Å². The van der Waals surface area contributed by atoms with E-state index in [0.717, 1.165) is 22.5 Å². The van der Waals surface area contributed by atoms with Crippen LogP contribution < -0.4 is 11.0 Å². The quantitative estimate of drug-likeness (QED) is 0.403. The van der Waals surface area contributed by atoms with Crippen molar-refractivity contribution in [2.45, 2.75) is 32.0 Å². The second-order valence-corrected chi connectivity index (χ2v) is 8.40. The highest BCUT2D eigenvalue weighted by Crippen LogP contribution is 2.19. The van der Waals surface area contributed by atoms with Crippen LogP contribution in [-0.4, -0.2) is 36.2 Å². The zero-order valence-corrected chi connectivity index (χ0v) is 18.7. The summed E-state index contributed by atoms with van der Waals surface area (Å²) in [7, 11) is 0. The van der Waals surface area contributed by atoms with E-state index in [1.54, 1.807) is 9.25 Å². The number of hydrogen-bond acceptors (Lipinski definition) is 5.